The molecule has 0 spiro atoms. The van der Waals surface area contributed by atoms with E-state index in [1.165, 1.54) is 4.31 Å². The molecule has 8 heteroatoms. The van der Waals surface area contributed by atoms with Gasteiger partial charge in [0.1, 0.15) is 0 Å². The van der Waals surface area contributed by atoms with Crippen molar-refractivity contribution in [1.29, 1.82) is 0 Å². The number of carbonyl (C=O) groups is 2. The van der Waals surface area contributed by atoms with Gasteiger partial charge in [-0.1, -0.05) is 35.4 Å². The minimum absolute atomic E-state index is 0.0866. The number of amides is 2. The molecule has 31 heavy (non-hydrogen) atoms. The normalized spacial score (nSPS) is 16.8. The number of nitrogens with zero attached hydrogens (tertiary/aromatic N) is 1. The number of aryl methyl sites for hydroxylation is 4. The van der Waals surface area contributed by atoms with Crippen LogP contribution in [0.25, 0.3) is 0 Å². The topological polar surface area (TPSA) is 95.6 Å². The summed E-state index contributed by atoms with van der Waals surface area (Å²) in [5.74, 6) is -1.56. The van der Waals surface area contributed by atoms with E-state index < -0.39 is 21.8 Å². The molecule has 1 unspecified atom stereocenters. The molecule has 0 aliphatic carbocycles. The fraction of sp³-hybridized carbons (Fsp3) is 0.391. The van der Waals surface area contributed by atoms with Gasteiger partial charge >= 0.3 is 11.8 Å². The number of rotatable bonds is 5. The summed E-state index contributed by atoms with van der Waals surface area (Å²) in [6, 6.07) is 10.5. The average molecular weight is 444 g/mol. The molecular formula is C23H29N3O4S. The van der Waals surface area contributed by atoms with Crippen molar-refractivity contribution >= 4 is 27.5 Å². The lowest BCUT2D eigenvalue weighted by Gasteiger charge is -2.26. The highest BCUT2D eigenvalue weighted by atomic mass is 32.2. The third-order valence-corrected chi connectivity index (χ3v) is 7.77. The maximum absolute atomic E-state index is 13.4. The van der Waals surface area contributed by atoms with Gasteiger partial charge in [0, 0.05) is 24.8 Å². The molecular weight excluding hydrogens is 414 g/mol. The third kappa shape index (κ3) is 5.14. The Morgan fingerprint density at radius 1 is 0.968 bits per heavy atom. The summed E-state index contributed by atoms with van der Waals surface area (Å²) in [5.41, 5.74) is 4.01. The first-order valence-electron chi connectivity index (χ1n) is 10.3. The zero-order valence-electron chi connectivity index (χ0n) is 18.4. The Balaban J connectivity index is 1.67. The molecule has 1 fully saturated rings. The zero-order valence-corrected chi connectivity index (χ0v) is 19.2. The maximum atomic E-state index is 13.4. The first-order chi connectivity index (χ1) is 14.6. The molecule has 2 aromatic rings. The number of hydrogen-bond donors (Lipinski definition) is 2. The van der Waals surface area contributed by atoms with Crippen LogP contribution in [0, 0.1) is 27.7 Å². The van der Waals surface area contributed by atoms with Crippen LogP contribution in [0.15, 0.2) is 41.3 Å². The van der Waals surface area contributed by atoms with E-state index in [2.05, 4.69) is 10.6 Å². The summed E-state index contributed by atoms with van der Waals surface area (Å²) >= 11 is 0. The van der Waals surface area contributed by atoms with Gasteiger partial charge in [0.15, 0.2) is 0 Å². The number of hydrogen-bond acceptors (Lipinski definition) is 4. The van der Waals surface area contributed by atoms with Gasteiger partial charge < -0.3 is 10.6 Å². The number of carbonyl (C=O) groups excluding carboxylic acids is 2. The molecule has 166 valence electrons. The fourth-order valence-corrected chi connectivity index (χ4v) is 6.24. The summed E-state index contributed by atoms with van der Waals surface area (Å²) in [4.78, 5) is 24.7. The Labute approximate surface area is 183 Å². The Morgan fingerprint density at radius 2 is 1.58 bits per heavy atom. The van der Waals surface area contributed by atoms with E-state index in [4.69, 9.17) is 0 Å². The van der Waals surface area contributed by atoms with E-state index in [1.807, 2.05) is 38.1 Å². The van der Waals surface area contributed by atoms with Crippen LogP contribution in [0.2, 0.25) is 0 Å². The van der Waals surface area contributed by atoms with Crippen molar-refractivity contribution in [2.24, 2.45) is 0 Å². The van der Waals surface area contributed by atoms with Gasteiger partial charge in [0.05, 0.1) is 4.90 Å². The summed E-state index contributed by atoms with van der Waals surface area (Å²) in [5, 5.41) is 5.14. The molecule has 2 aromatic carbocycles. The van der Waals surface area contributed by atoms with Gasteiger partial charge in [-0.15, -0.1) is 0 Å². The Morgan fingerprint density at radius 3 is 2.19 bits per heavy atom. The molecule has 1 saturated heterocycles. The van der Waals surface area contributed by atoms with Crippen LogP contribution < -0.4 is 10.6 Å². The van der Waals surface area contributed by atoms with E-state index in [0.29, 0.717) is 41.1 Å². The minimum atomic E-state index is -3.71. The Hall–Kier alpha value is -2.71. The molecule has 1 atom stereocenters. The van der Waals surface area contributed by atoms with E-state index in [1.54, 1.807) is 26.0 Å². The number of benzene rings is 2. The second kappa shape index (κ2) is 9.20. The molecule has 1 aliphatic rings. The van der Waals surface area contributed by atoms with Crippen molar-refractivity contribution < 1.29 is 18.0 Å². The smallest absolute Gasteiger partial charge is 0.313 e. The quantitative estimate of drug-likeness (QED) is 0.695. The van der Waals surface area contributed by atoms with Crippen LogP contribution in [0.5, 0.6) is 0 Å². The lowest BCUT2D eigenvalue weighted by Crippen LogP contribution is -2.45. The predicted molar refractivity (Wildman–Crippen MR) is 120 cm³/mol. The maximum Gasteiger partial charge on any atom is 0.313 e. The zero-order chi connectivity index (χ0) is 22.8. The molecule has 1 aliphatic heterocycles. The summed E-state index contributed by atoms with van der Waals surface area (Å²) in [6.45, 7) is 7.95. The Kier molecular flexibility index (Phi) is 6.81. The van der Waals surface area contributed by atoms with E-state index >= 15 is 0 Å². The van der Waals surface area contributed by atoms with Crippen LogP contribution in [-0.4, -0.2) is 43.7 Å². The third-order valence-electron chi connectivity index (χ3n) is 5.51. The van der Waals surface area contributed by atoms with Gasteiger partial charge in [0.2, 0.25) is 10.0 Å². The largest absolute Gasteiger partial charge is 0.346 e. The summed E-state index contributed by atoms with van der Waals surface area (Å²) in [7, 11) is -3.71. The van der Waals surface area contributed by atoms with Crippen molar-refractivity contribution in [3.05, 3.63) is 58.7 Å². The van der Waals surface area contributed by atoms with Crippen molar-refractivity contribution in [1.82, 2.24) is 9.62 Å². The SMILES string of the molecule is Cc1ccc(NC(=O)C(=O)NCC2CCCN2S(=O)(=O)c2c(C)cc(C)cc2C)cc1. The summed E-state index contributed by atoms with van der Waals surface area (Å²) in [6.07, 6.45) is 1.34. The first-order valence-corrected chi connectivity index (χ1v) is 11.8. The molecule has 0 aromatic heterocycles. The molecule has 0 bridgehead atoms. The highest BCUT2D eigenvalue weighted by Gasteiger charge is 2.37. The Bertz CT molecular complexity index is 1070. The summed E-state index contributed by atoms with van der Waals surface area (Å²) < 4.78 is 28.2. The van der Waals surface area contributed by atoms with Gasteiger partial charge in [-0.3, -0.25) is 9.59 Å². The first kappa shape index (κ1) is 23.0. The second-order valence-corrected chi connectivity index (χ2v) is 10.00. The fourth-order valence-electron chi connectivity index (χ4n) is 4.14. The van der Waals surface area contributed by atoms with Crippen molar-refractivity contribution in [3.63, 3.8) is 0 Å². The van der Waals surface area contributed by atoms with E-state index in [9.17, 15) is 18.0 Å². The van der Waals surface area contributed by atoms with E-state index in [0.717, 1.165) is 11.1 Å². The minimum Gasteiger partial charge on any atom is -0.346 e. The molecule has 3 rings (SSSR count). The van der Waals surface area contributed by atoms with Gasteiger partial charge in [-0.05, 0) is 63.8 Å². The molecule has 1 heterocycles. The van der Waals surface area contributed by atoms with Gasteiger partial charge in [0.25, 0.3) is 0 Å². The number of anilines is 1. The van der Waals surface area contributed by atoms with Crippen LogP contribution in [-0.2, 0) is 19.6 Å². The monoisotopic (exact) mass is 443 g/mol. The molecule has 0 saturated carbocycles. The van der Waals surface area contributed by atoms with Crippen LogP contribution in [0.1, 0.15) is 35.1 Å². The standard InChI is InChI=1S/C23H29N3O4S/c1-15-7-9-19(10-8-15)25-23(28)22(27)24-14-20-6-5-11-26(20)31(29,30)21-17(3)12-16(2)13-18(21)4/h7-10,12-13,20H,5-6,11,14H2,1-4H3,(H,24,27)(H,25,28). The van der Waals surface area contributed by atoms with Crippen molar-refractivity contribution in [2.75, 3.05) is 18.4 Å². The number of sulfonamides is 1. The van der Waals surface area contributed by atoms with Crippen LogP contribution >= 0.6 is 0 Å². The average Bonchev–Trinajstić information content (AvgIpc) is 3.16. The molecule has 7 nitrogen and oxygen atoms in total. The highest BCUT2D eigenvalue weighted by Crippen LogP contribution is 2.30. The second-order valence-electron chi connectivity index (χ2n) is 8.17. The lowest BCUT2D eigenvalue weighted by molar-refractivity contribution is -0.136. The molecule has 2 N–H and O–H groups in total. The molecule has 0 radical (unpaired) electrons. The predicted octanol–water partition coefficient (Wildman–Crippen LogP) is 2.83. The highest BCUT2D eigenvalue weighted by molar-refractivity contribution is 7.89. The van der Waals surface area contributed by atoms with Crippen molar-refractivity contribution in [3.8, 4) is 0 Å². The van der Waals surface area contributed by atoms with Gasteiger partial charge in [-0.2, -0.15) is 4.31 Å². The van der Waals surface area contributed by atoms with Gasteiger partial charge in [-0.25, -0.2) is 8.42 Å². The van der Waals surface area contributed by atoms with Crippen molar-refractivity contribution in [2.45, 2.75) is 51.5 Å². The number of nitrogens with one attached hydrogen (secondary N) is 2. The van der Waals surface area contributed by atoms with E-state index in [-0.39, 0.29) is 12.6 Å². The van der Waals surface area contributed by atoms with Crippen LogP contribution in [0.4, 0.5) is 5.69 Å². The molecule has 2 amide bonds. The van der Waals surface area contributed by atoms with Crippen LogP contribution in [0.3, 0.4) is 0 Å². The lowest BCUT2D eigenvalue weighted by atomic mass is 10.1.